The third-order valence-corrected chi connectivity index (χ3v) is 5.54. The number of likely N-dealkylation sites (tertiary alicyclic amines) is 1. The fraction of sp³-hybridized carbons (Fsp3) is 0.550. The number of hydrogen-bond donors (Lipinski definition) is 2. The number of benzene rings is 1. The van der Waals surface area contributed by atoms with Gasteiger partial charge in [0.15, 0.2) is 0 Å². The number of aromatic carboxylic acids is 1. The smallest absolute Gasteiger partial charge is 0.335 e. The van der Waals surface area contributed by atoms with Crippen molar-refractivity contribution >= 4 is 17.9 Å². The van der Waals surface area contributed by atoms with E-state index in [-0.39, 0.29) is 30.1 Å². The Labute approximate surface area is 165 Å². The van der Waals surface area contributed by atoms with Crippen LogP contribution in [-0.2, 0) is 11.3 Å². The summed E-state index contributed by atoms with van der Waals surface area (Å²) in [5.74, 6) is -0.796. The van der Waals surface area contributed by atoms with E-state index in [2.05, 4.69) is 10.2 Å². The van der Waals surface area contributed by atoms with Crippen LogP contribution < -0.4 is 5.32 Å². The molecule has 2 saturated heterocycles. The van der Waals surface area contributed by atoms with Gasteiger partial charge in [0.1, 0.15) is 0 Å². The molecule has 1 aromatic carbocycles. The van der Waals surface area contributed by atoms with Gasteiger partial charge in [-0.2, -0.15) is 0 Å². The van der Waals surface area contributed by atoms with Gasteiger partial charge in [-0.05, 0) is 37.5 Å². The van der Waals surface area contributed by atoms with E-state index in [1.165, 1.54) is 6.07 Å². The highest BCUT2D eigenvalue weighted by molar-refractivity contribution is 5.87. The molecule has 8 nitrogen and oxygen atoms in total. The normalized spacial score (nSPS) is 18.8. The molecular formula is C20H28N4O4. The van der Waals surface area contributed by atoms with Gasteiger partial charge in [-0.15, -0.1) is 0 Å². The molecule has 1 atom stereocenters. The topological polar surface area (TPSA) is 93.2 Å². The molecule has 8 heteroatoms. The van der Waals surface area contributed by atoms with Crippen LogP contribution >= 0.6 is 0 Å². The Balaban J connectivity index is 1.45. The molecular weight excluding hydrogens is 360 g/mol. The molecule has 3 rings (SSSR count). The fourth-order valence-electron chi connectivity index (χ4n) is 3.77. The third kappa shape index (κ3) is 4.81. The molecule has 0 saturated carbocycles. The number of carbonyl (C=O) groups excluding carboxylic acids is 2. The minimum Gasteiger partial charge on any atom is -0.478 e. The Kier molecular flexibility index (Phi) is 6.51. The number of carboxylic acid groups (broad SMARTS) is 1. The molecule has 152 valence electrons. The Bertz CT molecular complexity index is 725. The lowest BCUT2D eigenvalue weighted by molar-refractivity contribution is -0.135. The number of urea groups is 1. The van der Waals surface area contributed by atoms with Crippen molar-refractivity contribution in [1.29, 1.82) is 0 Å². The van der Waals surface area contributed by atoms with E-state index in [1.54, 1.807) is 23.1 Å². The molecule has 2 fully saturated rings. The molecule has 0 aliphatic carbocycles. The molecule has 2 aliphatic heterocycles. The fourth-order valence-corrected chi connectivity index (χ4v) is 3.77. The summed E-state index contributed by atoms with van der Waals surface area (Å²) in [5.41, 5.74) is 0.953. The van der Waals surface area contributed by atoms with Crippen molar-refractivity contribution < 1.29 is 19.5 Å². The highest BCUT2D eigenvalue weighted by Gasteiger charge is 2.30. The first-order valence-electron chi connectivity index (χ1n) is 9.83. The second-order valence-corrected chi connectivity index (χ2v) is 7.40. The largest absolute Gasteiger partial charge is 0.478 e. The van der Waals surface area contributed by atoms with Crippen molar-refractivity contribution in [1.82, 2.24) is 20.0 Å². The summed E-state index contributed by atoms with van der Waals surface area (Å²) in [5, 5.41) is 11.9. The van der Waals surface area contributed by atoms with Crippen LogP contribution in [0.25, 0.3) is 0 Å². The maximum absolute atomic E-state index is 12.5. The second kappa shape index (κ2) is 9.05. The van der Waals surface area contributed by atoms with Crippen molar-refractivity contribution in [2.24, 2.45) is 0 Å². The number of nitrogens with one attached hydrogen (secondary N) is 1. The zero-order valence-electron chi connectivity index (χ0n) is 16.3. The average Bonchev–Trinajstić information content (AvgIpc) is 3.26. The first-order valence-corrected chi connectivity index (χ1v) is 9.83. The Morgan fingerprint density at radius 1 is 1.04 bits per heavy atom. The summed E-state index contributed by atoms with van der Waals surface area (Å²) in [6.45, 7) is 6.42. The van der Waals surface area contributed by atoms with Gasteiger partial charge in [0.2, 0.25) is 5.91 Å². The van der Waals surface area contributed by atoms with Crippen LogP contribution in [0.5, 0.6) is 0 Å². The number of nitrogens with zero attached hydrogens (tertiary/aromatic N) is 3. The van der Waals surface area contributed by atoms with Gasteiger partial charge >= 0.3 is 12.0 Å². The summed E-state index contributed by atoms with van der Waals surface area (Å²) >= 11 is 0. The molecule has 1 aromatic rings. The lowest BCUT2D eigenvalue weighted by Crippen LogP contribution is -2.56. The summed E-state index contributed by atoms with van der Waals surface area (Å²) in [4.78, 5) is 41.8. The molecule has 0 aromatic heterocycles. The Morgan fingerprint density at radius 3 is 2.36 bits per heavy atom. The maximum atomic E-state index is 12.5. The Hall–Kier alpha value is -2.61. The lowest BCUT2D eigenvalue weighted by Gasteiger charge is -2.38. The first-order chi connectivity index (χ1) is 13.5. The zero-order valence-corrected chi connectivity index (χ0v) is 16.3. The first kappa shape index (κ1) is 20.1. The predicted molar refractivity (Wildman–Crippen MR) is 104 cm³/mol. The second-order valence-electron chi connectivity index (χ2n) is 7.40. The molecule has 2 heterocycles. The summed E-state index contributed by atoms with van der Waals surface area (Å²) in [6.07, 6.45) is 2.17. The SMILES string of the molecule is CC(C(=O)N1CCCC1)N1CCN(C(=O)NCc2cccc(C(=O)O)c2)CC1. The number of rotatable bonds is 5. The van der Waals surface area contributed by atoms with Gasteiger partial charge < -0.3 is 20.2 Å². The van der Waals surface area contributed by atoms with Crippen molar-refractivity contribution in [2.75, 3.05) is 39.3 Å². The summed E-state index contributed by atoms with van der Waals surface area (Å²) in [7, 11) is 0. The van der Waals surface area contributed by atoms with Crippen molar-refractivity contribution in [3.63, 3.8) is 0 Å². The van der Waals surface area contributed by atoms with Crippen LogP contribution in [-0.4, -0.2) is 83.0 Å². The predicted octanol–water partition coefficient (Wildman–Crippen LogP) is 1.22. The molecule has 1 unspecified atom stereocenters. The van der Waals surface area contributed by atoms with E-state index in [4.69, 9.17) is 5.11 Å². The van der Waals surface area contributed by atoms with E-state index in [0.717, 1.165) is 31.5 Å². The van der Waals surface area contributed by atoms with E-state index < -0.39 is 5.97 Å². The molecule has 3 amide bonds. The molecule has 0 radical (unpaired) electrons. The van der Waals surface area contributed by atoms with Gasteiger partial charge in [0.25, 0.3) is 0 Å². The molecule has 2 aliphatic rings. The third-order valence-electron chi connectivity index (χ3n) is 5.54. The Morgan fingerprint density at radius 2 is 1.71 bits per heavy atom. The number of carbonyl (C=O) groups is 3. The summed E-state index contributed by atoms with van der Waals surface area (Å²) < 4.78 is 0. The van der Waals surface area contributed by atoms with Crippen LogP contribution in [0, 0.1) is 0 Å². The van der Waals surface area contributed by atoms with Gasteiger partial charge in [-0.3, -0.25) is 9.69 Å². The van der Waals surface area contributed by atoms with Crippen LogP contribution in [0.3, 0.4) is 0 Å². The van der Waals surface area contributed by atoms with Gasteiger partial charge in [0.05, 0.1) is 11.6 Å². The van der Waals surface area contributed by atoms with Crippen molar-refractivity contribution in [3.8, 4) is 0 Å². The standard InChI is InChI=1S/C20H28N4O4/c1-15(18(25)23-7-2-3-8-23)22-9-11-24(12-10-22)20(28)21-14-16-5-4-6-17(13-16)19(26)27/h4-6,13,15H,2-3,7-12,14H2,1H3,(H,21,28)(H,26,27). The van der Waals surface area contributed by atoms with Crippen molar-refractivity contribution in [3.05, 3.63) is 35.4 Å². The number of carboxylic acids is 1. The molecule has 2 N–H and O–H groups in total. The van der Waals surface area contributed by atoms with Crippen LogP contribution in [0.4, 0.5) is 4.79 Å². The van der Waals surface area contributed by atoms with Crippen molar-refractivity contribution in [2.45, 2.75) is 32.4 Å². The summed E-state index contributed by atoms with van der Waals surface area (Å²) in [6, 6.07) is 6.23. The van der Waals surface area contributed by atoms with E-state index >= 15 is 0 Å². The minimum atomic E-state index is -0.984. The number of amides is 3. The zero-order chi connectivity index (χ0) is 20.1. The lowest BCUT2D eigenvalue weighted by atomic mass is 10.1. The maximum Gasteiger partial charge on any atom is 0.335 e. The number of piperazine rings is 1. The van der Waals surface area contributed by atoms with Crippen LogP contribution in [0.1, 0.15) is 35.7 Å². The van der Waals surface area contributed by atoms with Crippen LogP contribution in [0.2, 0.25) is 0 Å². The molecule has 28 heavy (non-hydrogen) atoms. The molecule has 0 bridgehead atoms. The van der Waals surface area contributed by atoms with Crippen LogP contribution in [0.15, 0.2) is 24.3 Å². The van der Waals surface area contributed by atoms with E-state index in [1.807, 2.05) is 11.8 Å². The van der Waals surface area contributed by atoms with Gasteiger partial charge in [-0.25, -0.2) is 9.59 Å². The quantitative estimate of drug-likeness (QED) is 0.791. The monoisotopic (exact) mass is 388 g/mol. The van der Waals surface area contributed by atoms with Gasteiger partial charge in [0, 0.05) is 45.8 Å². The highest BCUT2D eigenvalue weighted by atomic mass is 16.4. The van der Waals surface area contributed by atoms with E-state index in [9.17, 15) is 14.4 Å². The average molecular weight is 388 g/mol. The van der Waals surface area contributed by atoms with E-state index in [0.29, 0.717) is 26.2 Å². The number of hydrogen-bond acceptors (Lipinski definition) is 4. The molecule has 0 spiro atoms. The van der Waals surface area contributed by atoms with Gasteiger partial charge in [-0.1, -0.05) is 12.1 Å². The minimum absolute atomic E-state index is 0.151. The highest BCUT2D eigenvalue weighted by Crippen LogP contribution is 2.14.